The molecule has 1 fully saturated rings. The summed E-state index contributed by atoms with van der Waals surface area (Å²) in [5.41, 5.74) is 0.944. The molecule has 0 aromatic heterocycles. The van der Waals surface area contributed by atoms with Crippen LogP contribution in [0.1, 0.15) is 32.3 Å². The van der Waals surface area contributed by atoms with Gasteiger partial charge in [0.2, 0.25) is 0 Å². The van der Waals surface area contributed by atoms with Gasteiger partial charge in [-0.25, -0.2) is 0 Å². The Morgan fingerprint density at radius 1 is 1.20 bits per heavy atom. The van der Waals surface area contributed by atoms with Gasteiger partial charge in [0, 0.05) is 25.2 Å². The number of nitrogens with zero attached hydrogens (tertiary/aromatic N) is 2. The third kappa shape index (κ3) is 5.50. The van der Waals surface area contributed by atoms with Crippen LogP contribution in [0.15, 0.2) is 30.3 Å². The molecule has 1 aliphatic carbocycles. The van der Waals surface area contributed by atoms with Crippen molar-refractivity contribution in [2.45, 2.75) is 45.3 Å². The quantitative estimate of drug-likeness (QED) is 0.648. The maximum atomic E-state index is 12.6. The van der Waals surface area contributed by atoms with Crippen LogP contribution >= 0.6 is 0 Å². The highest BCUT2D eigenvalue weighted by molar-refractivity contribution is 7.87. The fraction of sp³-hybridized carbons (Fsp3) is 0.588. The van der Waals surface area contributed by atoms with E-state index in [9.17, 15) is 13.2 Å². The van der Waals surface area contributed by atoms with Crippen molar-refractivity contribution in [1.29, 1.82) is 0 Å². The maximum absolute atomic E-state index is 12.6. The summed E-state index contributed by atoms with van der Waals surface area (Å²) >= 11 is 0. The molecule has 1 aromatic carbocycles. The predicted molar refractivity (Wildman–Crippen MR) is 96.3 cm³/mol. The van der Waals surface area contributed by atoms with E-state index in [4.69, 9.17) is 5.11 Å². The lowest BCUT2D eigenvalue weighted by Gasteiger charge is -2.42. The molecule has 0 amide bonds. The molecule has 0 atom stereocenters. The number of carbonyl (C=O) groups is 1. The van der Waals surface area contributed by atoms with E-state index in [1.807, 2.05) is 49.1 Å². The van der Waals surface area contributed by atoms with Crippen LogP contribution in [0.5, 0.6) is 0 Å². The summed E-state index contributed by atoms with van der Waals surface area (Å²) in [5.74, 6) is -0.856. The molecule has 25 heavy (non-hydrogen) atoms. The van der Waals surface area contributed by atoms with Crippen molar-refractivity contribution in [2.75, 3.05) is 19.6 Å². The molecule has 2 rings (SSSR count). The second-order valence-corrected chi connectivity index (χ2v) is 8.02. The average molecular weight is 369 g/mol. The SMILES string of the molecule is CCN(CC(=O)O)C1CC(NS(=O)(=O)N(CC)Cc2ccccc2)C1. The molecular formula is C17H27N3O4S. The summed E-state index contributed by atoms with van der Waals surface area (Å²) in [6.45, 7) is 5.10. The molecule has 0 radical (unpaired) electrons. The Morgan fingerprint density at radius 2 is 1.84 bits per heavy atom. The lowest BCUT2D eigenvalue weighted by Crippen LogP contribution is -2.56. The first-order valence-corrected chi connectivity index (χ1v) is 10.1. The van der Waals surface area contributed by atoms with Crippen LogP contribution in [0.4, 0.5) is 0 Å². The van der Waals surface area contributed by atoms with E-state index < -0.39 is 16.2 Å². The van der Waals surface area contributed by atoms with E-state index in [1.54, 1.807) is 0 Å². The van der Waals surface area contributed by atoms with Crippen molar-refractivity contribution >= 4 is 16.2 Å². The van der Waals surface area contributed by atoms with Crippen LogP contribution in [-0.4, -0.2) is 60.4 Å². The van der Waals surface area contributed by atoms with Gasteiger partial charge in [0.15, 0.2) is 0 Å². The molecule has 140 valence electrons. The van der Waals surface area contributed by atoms with E-state index in [1.165, 1.54) is 4.31 Å². The van der Waals surface area contributed by atoms with Crippen molar-refractivity contribution in [2.24, 2.45) is 0 Å². The Kier molecular flexibility index (Phi) is 6.95. The Bertz CT molecular complexity index is 660. The van der Waals surface area contributed by atoms with Gasteiger partial charge in [0.1, 0.15) is 0 Å². The van der Waals surface area contributed by atoms with Gasteiger partial charge in [-0.05, 0) is 24.9 Å². The van der Waals surface area contributed by atoms with Gasteiger partial charge in [-0.2, -0.15) is 17.4 Å². The summed E-state index contributed by atoms with van der Waals surface area (Å²) in [7, 11) is -3.56. The molecule has 0 bridgehead atoms. The second-order valence-electron chi connectivity index (χ2n) is 6.31. The van der Waals surface area contributed by atoms with Crippen LogP contribution in [0, 0.1) is 0 Å². The monoisotopic (exact) mass is 369 g/mol. The number of likely N-dealkylation sites (N-methyl/N-ethyl adjacent to an activating group) is 1. The molecule has 8 heteroatoms. The summed E-state index contributed by atoms with van der Waals surface area (Å²) in [4.78, 5) is 12.7. The van der Waals surface area contributed by atoms with Gasteiger partial charge in [-0.15, -0.1) is 0 Å². The van der Waals surface area contributed by atoms with E-state index >= 15 is 0 Å². The van der Waals surface area contributed by atoms with Gasteiger partial charge in [0.25, 0.3) is 10.2 Å². The van der Waals surface area contributed by atoms with Gasteiger partial charge < -0.3 is 5.11 Å². The summed E-state index contributed by atoms with van der Waals surface area (Å²) in [5, 5.41) is 8.92. The molecule has 7 nitrogen and oxygen atoms in total. The van der Waals surface area contributed by atoms with Crippen molar-refractivity contribution < 1.29 is 18.3 Å². The third-order valence-electron chi connectivity index (χ3n) is 4.58. The molecule has 1 saturated carbocycles. The molecular weight excluding hydrogens is 342 g/mol. The minimum Gasteiger partial charge on any atom is -0.480 e. The number of benzene rings is 1. The zero-order valence-electron chi connectivity index (χ0n) is 14.8. The van der Waals surface area contributed by atoms with Gasteiger partial charge >= 0.3 is 5.97 Å². The van der Waals surface area contributed by atoms with Crippen molar-refractivity contribution in [3.8, 4) is 0 Å². The molecule has 0 heterocycles. The van der Waals surface area contributed by atoms with Crippen LogP contribution in [0.2, 0.25) is 0 Å². The normalized spacial score (nSPS) is 20.6. The van der Waals surface area contributed by atoms with Crippen LogP contribution in [0.25, 0.3) is 0 Å². The van der Waals surface area contributed by atoms with Crippen molar-refractivity contribution in [3.63, 3.8) is 0 Å². The second kappa shape index (κ2) is 8.75. The fourth-order valence-electron chi connectivity index (χ4n) is 3.09. The zero-order chi connectivity index (χ0) is 18.4. The summed E-state index contributed by atoms with van der Waals surface area (Å²) < 4.78 is 29.4. The van der Waals surface area contributed by atoms with Crippen molar-refractivity contribution in [3.05, 3.63) is 35.9 Å². The molecule has 0 unspecified atom stereocenters. The predicted octanol–water partition coefficient (Wildman–Crippen LogP) is 1.28. The number of rotatable bonds is 10. The minimum absolute atomic E-state index is 0.00424. The molecule has 0 aliphatic heterocycles. The highest BCUT2D eigenvalue weighted by Crippen LogP contribution is 2.26. The number of hydrogen-bond acceptors (Lipinski definition) is 4. The van der Waals surface area contributed by atoms with E-state index in [-0.39, 0.29) is 18.6 Å². The minimum atomic E-state index is -3.56. The van der Waals surface area contributed by atoms with Gasteiger partial charge in [-0.3, -0.25) is 9.69 Å². The number of carboxylic acids is 1. The van der Waals surface area contributed by atoms with Crippen molar-refractivity contribution in [1.82, 2.24) is 13.9 Å². The van der Waals surface area contributed by atoms with Gasteiger partial charge in [-0.1, -0.05) is 44.2 Å². The third-order valence-corrected chi connectivity index (χ3v) is 6.28. The standard InChI is InChI=1S/C17H27N3O4S/c1-3-19(13-17(21)22)16-10-15(11-16)18-25(23,24)20(4-2)12-14-8-6-5-7-9-14/h5-9,15-16,18H,3-4,10-13H2,1-2H3,(H,21,22). The van der Waals surface area contributed by atoms with Crippen LogP contribution in [-0.2, 0) is 21.5 Å². The Labute approximate surface area is 149 Å². The first-order valence-electron chi connectivity index (χ1n) is 8.62. The number of carboxylic acid groups (broad SMARTS) is 1. The summed E-state index contributed by atoms with van der Waals surface area (Å²) in [6.07, 6.45) is 1.28. The Hall–Kier alpha value is -1.48. The molecule has 1 aliphatic rings. The van der Waals surface area contributed by atoms with Gasteiger partial charge in [0.05, 0.1) is 6.54 Å². The van der Waals surface area contributed by atoms with E-state index in [0.717, 1.165) is 5.56 Å². The lowest BCUT2D eigenvalue weighted by atomic mass is 9.86. The largest absolute Gasteiger partial charge is 0.480 e. The zero-order valence-corrected chi connectivity index (χ0v) is 15.6. The fourth-order valence-corrected chi connectivity index (χ4v) is 4.52. The molecule has 1 aromatic rings. The highest BCUT2D eigenvalue weighted by atomic mass is 32.2. The average Bonchev–Trinajstić information content (AvgIpc) is 2.54. The van der Waals surface area contributed by atoms with Crippen LogP contribution in [0.3, 0.4) is 0 Å². The number of nitrogens with one attached hydrogen (secondary N) is 1. The van der Waals surface area contributed by atoms with E-state index in [2.05, 4.69) is 4.72 Å². The maximum Gasteiger partial charge on any atom is 0.317 e. The molecule has 0 saturated heterocycles. The van der Waals surface area contributed by atoms with Crippen LogP contribution < -0.4 is 4.72 Å². The Morgan fingerprint density at radius 3 is 2.36 bits per heavy atom. The first-order chi connectivity index (χ1) is 11.9. The number of hydrogen-bond donors (Lipinski definition) is 2. The highest BCUT2D eigenvalue weighted by Gasteiger charge is 2.37. The number of aliphatic carboxylic acids is 1. The first kappa shape index (κ1) is 19.8. The smallest absolute Gasteiger partial charge is 0.317 e. The molecule has 0 spiro atoms. The Balaban J connectivity index is 1.89. The lowest BCUT2D eigenvalue weighted by molar-refractivity contribution is -0.139. The molecule has 2 N–H and O–H groups in total. The van der Waals surface area contributed by atoms with E-state index in [0.29, 0.717) is 32.5 Å². The summed E-state index contributed by atoms with van der Waals surface area (Å²) in [6, 6.07) is 9.48. The topological polar surface area (TPSA) is 90.0 Å².